The van der Waals surface area contributed by atoms with Crippen LogP contribution >= 0.6 is 0 Å². The lowest BCUT2D eigenvalue weighted by molar-refractivity contribution is 0.103. The molecule has 2 aromatic carbocycles. The SMILES string of the molecule is Cc1ccc(F)c(C(=O)c2ccc3cccnc3c2)c1. The molecule has 98 valence electrons. The average molecular weight is 265 g/mol. The summed E-state index contributed by atoms with van der Waals surface area (Å²) in [6, 6.07) is 13.5. The molecule has 3 rings (SSSR count). The van der Waals surface area contributed by atoms with Crippen molar-refractivity contribution in [1.29, 1.82) is 0 Å². The lowest BCUT2D eigenvalue weighted by Gasteiger charge is -2.05. The number of benzene rings is 2. The van der Waals surface area contributed by atoms with Crippen molar-refractivity contribution in [1.82, 2.24) is 4.98 Å². The van der Waals surface area contributed by atoms with E-state index < -0.39 is 5.82 Å². The first kappa shape index (κ1) is 12.5. The number of hydrogen-bond donors (Lipinski definition) is 0. The maximum absolute atomic E-state index is 13.8. The lowest BCUT2D eigenvalue weighted by atomic mass is 10.00. The van der Waals surface area contributed by atoms with Crippen molar-refractivity contribution >= 4 is 16.7 Å². The first-order valence-corrected chi connectivity index (χ1v) is 6.31. The number of carbonyl (C=O) groups is 1. The highest BCUT2D eigenvalue weighted by Gasteiger charge is 2.14. The Morgan fingerprint density at radius 2 is 1.95 bits per heavy atom. The van der Waals surface area contributed by atoms with Crippen LogP contribution < -0.4 is 0 Å². The quantitative estimate of drug-likeness (QED) is 0.657. The van der Waals surface area contributed by atoms with E-state index in [1.165, 1.54) is 6.07 Å². The highest BCUT2D eigenvalue weighted by atomic mass is 19.1. The smallest absolute Gasteiger partial charge is 0.196 e. The maximum atomic E-state index is 13.8. The predicted molar refractivity (Wildman–Crippen MR) is 76.3 cm³/mol. The number of nitrogens with zero attached hydrogens (tertiary/aromatic N) is 1. The van der Waals surface area contributed by atoms with Gasteiger partial charge in [0.15, 0.2) is 5.78 Å². The number of aromatic nitrogens is 1. The molecule has 0 aliphatic heterocycles. The fourth-order valence-electron chi connectivity index (χ4n) is 2.18. The zero-order valence-corrected chi connectivity index (χ0v) is 10.9. The summed E-state index contributed by atoms with van der Waals surface area (Å²) >= 11 is 0. The Labute approximate surface area is 115 Å². The Morgan fingerprint density at radius 3 is 2.80 bits per heavy atom. The average Bonchev–Trinajstić information content (AvgIpc) is 2.48. The minimum absolute atomic E-state index is 0.0975. The molecular formula is C17H12FNO. The molecular weight excluding hydrogens is 253 g/mol. The van der Waals surface area contributed by atoms with Gasteiger partial charge in [0.05, 0.1) is 11.1 Å². The number of pyridine rings is 1. The van der Waals surface area contributed by atoms with E-state index in [0.29, 0.717) is 5.56 Å². The van der Waals surface area contributed by atoms with Gasteiger partial charge in [-0.15, -0.1) is 0 Å². The van der Waals surface area contributed by atoms with Gasteiger partial charge in [-0.3, -0.25) is 9.78 Å². The van der Waals surface area contributed by atoms with Crippen LogP contribution in [0.25, 0.3) is 10.9 Å². The van der Waals surface area contributed by atoms with Gasteiger partial charge in [-0.05, 0) is 31.2 Å². The van der Waals surface area contributed by atoms with Gasteiger partial charge in [-0.25, -0.2) is 4.39 Å². The molecule has 0 spiro atoms. The molecule has 0 unspecified atom stereocenters. The van der Waals surface area contributed by atoms with Gasteiger partial charge in [-0.2, -0.15) is 0 Å². The van der Waals surface area contributed by atoms with Gasteiger partial charge in [0.1, 0.15) is 5.82 Å². The van der Waals surface area contributed by atoms with Crippen LogP contribution in [0.3, 0.4) is 0 Å². The molecule has 3 heteroatoms. The van der Waals surface area contributed by atoms with Crippen LogP contribution in [0.15, 0.2) is 54.7 Å². The molecule has 0 atom stereocenters. The highest BCUT2D eigenvalue weighted by molar-refractivity contribution is 6.10. The van der Waals surface area contributed by atoms with E-state index in [9.17, 15) is 9.18 Å². The molecule has 0 aliphatic rings. The van der Waals surface area contributed by atoms with E-state index in [1.54, 1.807) is 30.5 Å². The highest BCUT2D eigenvalue weighted by Crippen LogP contribution is 2.19. The van der Waals surface area contributed by atoms with Crippen molar-refractivity contribution in [3.8, 4) is 0 Å². The summed E-state index contributed by atoms with van der Waals surface area (Å²) in [5, 5.41) is 0.953. The molecule has 20 heavy (non-hydrogen) atoms. The van der Waals surface area contributed by atoms with Crippen LogP contribution in [0.1, 0.15) is 21.5 Å². The molecule has 3 aromatic rings. The number of fused-ring (bicyclic) bond motifs is 1. The zero-order chi connectivity index (χ0) is 14.1. The second-order valence-corrected chi connectivity index (χ2v) is 4.72. The fourth-order valence-corrected chi connectivity index (χ4v) is 2.18. The minimum Gasteiger partial charge on any atom is -0.288 e. The largest absolute Gasteiger partial charge is 0.288 e. The van der Waals surface area contributed by atoms with Gasteiger partial charge < -0.3 is 0 Å². The van der Waals surface area contributed by atoms with E-state index >= 15 is 0 Å². The molecule has 2 nitrogen and oxygen atoms in total. The van der Waals surface area contributed by atoms with Gasteiger partial charge in [0.2, 0.25) is 0 Å². The summed E-state index contributed by atoms with van der Waals surface area (Å²) in [6.07, 6.45) is 1.67. The van der Waals surface area contributed by atoms with Gasteiger partial charge in [0, 0.05) is 17.1 Å². The van der Waals surface area contributed by atoms with E-state index in [2.05, 4.69) is 4.98 Å². The molecule has 0 aliphatic carbocycles. The van der Waals surface area contributed by atoms with Crippen LogP contribution in [0, 0.1) is 12.7 Å². The maximum Gasteiger partial charge on any atom is 0.196 e. The van der Waals surface area contributed by atoms with Crippen molar-refractivity contribution in [2.24, 2.45) is 0 Å². The van der Waals surface area contributed by atoms with Crippen LogP contribution in [-0.2, 0) is 0 Å². The number of rotatable bonds is 2. The van der Waals surface area contributed by atoms with Crippen molar-refractivity contribution in [2.75, 3.05) is 0 Å². The predicted octanol–water partition coefficient (Wildman–Crippen LogP) is 3.91. The molecule has 0 amide bonds. The molecule has 1 aromatic heterocycles. The second-order valence-electron chi connectivity index (χ2n) is 4.72. The number of halogens is 1. The third-order valence-electron chi connectivity index (χ3n) is 3.23. The van der Waals surface area contributed by atoms with Crippen LogP contribution in [0.2, 0.25) is 0 Å². The van der Waals surface area contributed by atoms with E-state index in [4.69, 9.17) is 0 Å². The summed E-state index contributed by atoms with van der Waals surface area (Å²) < 4.78 is 13.8. The summed E-state index contributed by atoms with van der Waals surface area (Å²) in [5.41, 5.74) is 2.13. The lowest BCUT2D eigenvalue weighted by Crippen LogP contribution is -2.04. The molecule has 0 bridgehead atoms. The van der Waals surface area contributed by atoms with E-state index in [0.717, 1.165) is 16.5 Å². The third kappa shape index (κ3) is 2.18. The summed E-state index contributed by atoms with van der Waals surface area (Å²) in [5.74, 6) is -0.819. The Morgan fingerprint density at radius 1 is 1.10 bits per heavy atom. The molecule has 0 fully saturated rings. The monoisotopic (exact) mass is 265 g/mol. The first-order valence-electron chi connectivity index (χ1n) is 6.31. The molecule has 0 saturated carbocycles. The Kier molecular flexibility index (Phi) is 3.03. The third-order valence-corrected chi connectivity index (χ3v) is 3.23. The Bertz CT molecular complexity index is 811. The molecule has 0 saturated heterocycles. The summed E-state index contributed by atoms with van der Waals surface area (Å²) in [4.78, 5) is 16.6. The fraction of sp³-hybridized carbons (Fsp3) is 0.0588. The number of carbonyl (C=O) groups excluding carboxylic acids is 1. The van der Waals surface area contributed by atoms with Crippen LogP contribution in [0.4, 0.5) is 4.39 Å². The van der Waals surface area contributed by atoms with E-state index in [-0.39, 0.29) is 11.3 Å². The minimum atomic E-state index is -0.498. The van der Waals surface area contributed by atoms with Crippen molar-refractivity contribution in [2.45, 2.75) is 6.92 Å². The Balaban J connectivity index is 2.10. The van der Waals surface area contributed by atoms with Gasteiger partial charge in [0.25, 0.3) is 0 Å². The molecule has 0 radical (unpaired) electrons. The number of ketones is 1. The van der Waals surface area contributed by atoms with Crippen LogP contribution in [0.5, 0.6) is 0 Å². The zero-order valence-electron chi connectivity index (χ0n) is 10.9. The van der Waals surface area contributed by atoms with Gasteiger partial charge >= 0.3 is 0 Å². The molecule has 1 heterocycles. The van der Waals surface area contributed by atoms with Crippen molar-refractivity contribution < 1.29 is 9.18 Å². The van der Waals surface area contributed by atoms with Crippen molar-refractivity contribution in [3.63, 3.8) is 0 Å². The normalized spacial score (nSPS) is 10.7. The number of aryl methyl sites for hydroxylation is 1. The summed E-state index contributed by atoms with van der Waals surface area (Å²) in [7, 11) is 0. The Hall–Kier alpha value is -2.55. The van der Waals surface area contributed by atoms with E-state index in [1.807, 2.05) is 25.1 Å². The standard InChI is InChI=1S/C17H12FNO/c1-11-4-7-15(18)14(9-11)17(20)13-6-5-12-3-2-8-19-16(12)10-13/h2-10H,1H3. The number of hydrogen-bond acceptors (Lipinski definition) is 2. The first-order chi connectivity index (χ1) is 9.65. The topological polar surface area (TPSA) is 30.0 Å². The van der Waals surface area contributed by atoms with Crippen molar-refractivity contribution in [3.05, 3.63) is 77.2 Å². The second kappa shape index (κ2) is 4.85. The summed E-state index contributed by atoms with van der Waals surface area (Å²) in [6.45, 7) is 1.83. The van der Waals surface area contributed by atoms with Gasteiger partial charge in [-0.1, -0.05) is 29.8 Å². The van der Waals surface area contributed by atoms with Crippen LogP contribution in [-0.4, -0.2) is 10.8 Å². The molecule has 0 N–H and O–H groups in total.